The molecule has 4 atom stereocenters. The lowest BCUT2D eigenvalue weighted by molar-refractivity contribution is -0.150. The largest absolute Gasteiger partial charge is 0.497 e. The first-order valence-corrected chi connectivity index (χ1v) is 17.7. The maximum absolute atomic E-state index is 13.9. The summed E-state index contributed by atoms with van der Waals surface area (Å²) in [5.41, 5.74) is 6.12. The maximum atomic E-state index is 13.9. The Morgan fingerprint density at radius 2 is 1.50 bits per heavy atom. The van der Waals surface area contributed by atoms with Gasteiger partial charge in [-0.05, 0) is 52.8 Å². The number of amides is 2. The van der Waals surface area contributed by atoms with Crippen molar-refractivity contribution < 1.29 is 38.1 Å². The van der Waals surface area contributed by atoms with Crippen LogP contribution >= 0.6 is 0 Å². The number of likely N-dealkylation sites (tertiary alicyclic amines) is 1. The number of carbonyl (C=O) groups excluding carboxylic acids is 3. The summed E-state index contributed by atoms with van der Waals surface area (Å²) in [5.74, 6) is -0.604. The number of carbonyl (C=O) groups is 3. The summed E-state index contributed by atoms with van der Waals surface area (Å²) < 4.78 is 28.4. The van der Waals surface area contributed by atoms with E-state index in [-0.39, 0.29) is 37.5 Å². The minimum Gasteiger partial charge on any atom is -0.497 e. The topological polar surface area (TPSA) is 113 Å². The highest BCUT2D eigenvalue weighted by molar-refractivity contribution is 5.86. The van der Waals surface area contributed by atoms with Gasteiger partial charge in [-0.1, -0.05) is 85.8 Å². The number of nitrogens with one attached hydrogen (secondary N) is 1. The van der Waals surface area contributed by atoms with E-state index in [1.165, 1.54) is 7.11 Å². The summed E-state index contributed by atoms with van der Waals surface area (Å²) in [5, 5.41) is 2.93. The molecule has 10 heteroatoms. The third kappa shape index (κ3) is 7.92. The fourth-order valence-corrected chi connectivity index (χ4v) is 7.45. The van der Waals surface area contributed by atoms with Gasteiger partial charge in [0.05, 0.1) is 32.3 Å². The average molecular weight is 707 g/mol. The molecule has 1 aliphatic heterocycles. The van der Waals surface area contributed by atoms with Crippen LogP contribution in [-0.4, -0.2) is 75.5 Å². The van der Waals surface area contributed by atoms with E-state index in [1.54, 1.807) is 44.2 Å². The van der Waals surface area contributed by atoms with E-state index in [0.717, 1.165) is 34.2 Å². The zero-order valence-corrected chi connectivity index (χ0v) is 30.1. The van der Waals surface area contributed by atoms with Crippen molar-refractivity contribution in [2.24, 2.45) is 5.92 Å². The summed E-state index contributed by atoms with van der Waals surface area (Å²) >= 11 is 0. The molecule has 10 nitrogen and oxygen atoms in total. The first kappa shape index (κ1) is 36.4. The molecule has 1 N–H and O–H groups in total. The van der Waals surface area contributed by atoms with Gasteiger partial charge in [0.1, 0.15) is 30.8 Å². The predicted molar refractivity (Wildman–Crippen MR) is 196 cm³/mol. The number of nitrogens with zero attached hydrogens (tertiary/aromatic N) is 1. The van der Waals surface area contributed by atoms with E-state index in [2.05, 4.69) is 29.6 Å². The van der Waals surface area contributed by atoms with Crippen LogP contribution in [0.15, 0.2) is 97.1 Å². The van der Waals surface area contributed by atoms with Gasteiger partial charge < -0.3 is 33.9 Å². The van der Waals surface area contributed by atoms with E-state index >= 15 is 0 Å². The van der Waals surface area contributed by atoms with Crippen LogP contribution in [0.1, 0.15) is 47.9 Å². The molecule has 0 spiro atoms. The van der Waals surface area contributed by atoms with Crippen molar-refractivity contribution in [3.05, 3.63) is 119 Å². The summed E-state index contributed by atoms with van der Waals surface area (Å²) in [6.45, 7) is 2.40. The molecule has 2 amide bonds. The van der Waals surface area contributed by atoms with E-state index in [1.807, 2.05) is 54.6 Å². The molecular formula is C42H46N2O8. The molecule has 0 radical (unpaired) electrons. The minimum atomic E-state index is -0.971. The Balaban J connectivity index is 1.12. The molecule has 0 unspecified atom stereocenters. The van der Waals surface area contributed by atoms with E-state index in [0.29, 0.717) is 30.0 Å². The van der Waals surface area contributed by atoms with Crippen LogP contribution in [0.4, 0.5) is 4.79 Å². The van der Waals surface area contributed by atoms with E-state index < -0.39 is 30.1 Å². The van der Waals surface area contributed by atoms with Gasteiger partial charge in [0.25, 0.3) is 0 Å². The summed E-state index contributed by atoms with van der Waals surface area (Å²) in [7, 11) is 4.64. The van der Waals surface area contributed by atoms with Crippen LogP contribution < -0.4 is 14.8 Å². The van der Waals surface area contributed by atoms with Gasteiger partial charge >= 0.3 is 12.1 Å². The van der Waals surface area contributed by atoms with Gasteiger partial charge in [0, 0.05) is 37.6 Å². The molecule has 0 bridgehead atoms. The molecule has 1 saturated heterocycles. The van der Waals surface area contributed by atoms with E-state index in [4.69, 9.17) is 23.7 Å². The average Bonchev–Trinajstić information content (AvgIpc) is 3.79. The van der Waals surface area contributed by atoms with Crippen LogP contribution in [0.3, 0.4) is 0 Å². The van der Waals surface area contributed by atoms with Gasteiger partial charge in [-0.3, -0.25) is 4.79 Å². The number of hydrogen-bond donors (Lipinski definition) is 1. The third-order valence-corrected chi connectivity index (χ3v) is 10.2. The summed E-state index contributed by atoms with van der Waals surface area (Å²) in [4.78, 5) is 42.8. The molecule has 1 heterocycles. The predicted octanol–water partition coefficient (Wildman–Crippen LogP) is 6.54. The number of methoxy groups -OCH3 is 3. The zero-order chi connectivity index (χ0) is 36.6. The molecule has 0 aromatic heterocycles. The highest BCUT2D eigenvalue weighted by atomic mass is 16.6. The second-order valence-corrected chi connectivity index (χ2v) is 13.2. The fraction of sp³-hybridized carbons (Fsp3) is 0.357. The number of hydrogen-bond acceptors (Lipinski definition) is 8. The molecule has 6 rings (SSSR count). The number of fused-ring (bicyclic) bond motifs is 3. The Morgan fingerprint density at radius 3 is 2.15 bits per heavy atom. The second kappa shape index (κ2) is 16.8. The fourth-order valence-electron chi connectivity index (χ4n) is 7.45. The van der Waals surface area contributed by atoms with Gasteiger partial charge in [0.15, 0.2) is 0 Å². The number of ether oxygens (including phenoxy) is 5. The first-order chi connectivity index (χ1) is 25.3. The Labute approximate surface area is 305 Å². The second-order valence-electron chi connectivity index (χ2n) is 13.2. The first-order valence-electron chi connectivity index (χ1n) is 17.7. The van der Waals surface area contributed by atoms with Crippen molar-refractivity contribution >= 4 is 18.0 Å². The molecule has 0 saturated carbocycles. The van der Waals surface area contributed by atoms with Crippen molar-refractivity contribution in [2.45, 2.75) is 56.9 Å². The highest BCUT2D eigenvalue weighted by Gasteiger charge is 2.42. The normalized spacial score (nSPS) is 16.6. The Morgan fingerprint density at radius 1 is 0.827 bits per heavy atom. The molecule has 1 fully saturated rings. The van der Waals surface area contributed by atoms with Crippen molar-refractivity contribution in [3.63, 3.8) is 0 Å². The molecular weight excluding hydrogens is 660 g/mol. The van der Waals surface area contributed by atoms with E-state index in [9.17, 15) is 14.4 Å². The SMILES string of the molecule is COc1ccc(COC(=O)[C@H](Cc2ccccc2)NC(=O)[C@H](C)[C@@H](OC)[C@@H]2CCCN2C(=O)OCC2c3ccccc3-c3ccccc32)c(OC)c1. The Hall–Kier alpha value is -5.35. The molecule has 1 aliphatic carbocycles. The summed E-state index contributed by atoms with van der Waals surface area (Å²) in [6, 6.07) is 29.8. The van der Waals surface area contributed by atoms with Crippen molar-refractivity contribution in [1.29, 1.82) is 0 Å². The number of esters is 1. The standard InChI is InChI=1S/C42H46N2O8/c1-27(40(45)43-36(23-28-13-6-5-7-14-28)41(46)51-25-29-20-21-30(48-2)24-38(29)49-3)39(50-4)37-19-12-22-44(37)42(47)52-26-35-33-17-10-8-15-31(33)32-16-9-11-18-34(32)35/h5-11,13-18,20-21,24,27,35-37,39H,12,19,22-23,25-26H2,1-4H3,(H,43,45)/t27-,36+,37+,39-/m1/s1. The molecule has 52 heavy (non-hydrogen) atoms. The minimum absolute atomic E-state index is 0.0550. The lowest BCUT2D eigenvalue weighted by Gasteiger charge is -2.34. The molecule has 4 aromatic rings. The Kier molecular flexibility index (Phi) is 11.8. The van der Waals surface area contributed by atoms with Crippen LogP contribution in [0.25, 0.3) is 11.1 Å². The molecule has 272 valence electrons. The van der Waals surface area contributed by atoms with Crippen molar-refractivity contribution in [2.75, 3.05) is 34.5 Å². The van der Waals surface area contributed by atoms with Crippen LogP contribution in [0.2, 0.25) is 0 Å². The number of rotatable bonds is 14. The van der Waals surface area contributed by atoms with Crippen LogP contribution in [0.5, 0.6) is 11.5 Å². The quantitative estimate of drug-likeness (QED) is 0.147. The molecule has 2 aliphatic rings. The van der Waals surface area contributed by atoms with Crippen LogP contribution in [0, 0.1) is 5.92 Å². The zero-order valence-electron chi connectivity index (χ0n) is 30.1. The summed E-state index contributed by atoms with van der Waals surface area (Å²) in [6.07, 6.45) is 0.559. The monoisotopic (exact) mass is 706 g/mol. The highest BCUT2D eigenvalue weighted by Crippen LogP contribution is 2.44. The Bertz CT molecular complexity index is 1820. The molecule has 4 aromatic carbocycles. The van der Waals surface area contributed by atoms with Crippen molar-refractivity contribution in [3.8, 4) is 22.6 Å². The van der Waals surface area contributed by atoms with Gasteiger partial charge in [-0.25, -0.2) is 9.59 Å². The third-order valence-electron chi connectivity index (χ3n) is 10.2. The van der Waals surface area contributed by atoms with Crippen LogP contribution in [-0.2, 0) is 36.8 Å². The lowest BCUT2D eigenvalue weighted by atomic mass is 9.94. The van der Waals surface area contributed by atoms with Gasteiger partial charge in [-0.15, -0.1) is 0 Å². The van der Waals surface area contributed by atoms with Gasteiger partial charge in [-0.2, -0.15) is 0 Å². The smallest absolute Gasteiger partial charge is 0.410 e. The van der Waals surface area contributed by atoms with Gasteiger partial charge in [0.2, 0.25) is 5.91 Å². The van der Waals surface area contributed by atoms with Crippen molar-refractivity contribution in [1.82, 2.24) is 10.2 Å². The maximum Gasteiger partial charge on any atom is 0.410 e. The number of benzene rings is 4. The lowest BCUT2D eigenvalue weighted by Crippen LogP contribution is -2.52.